The van der Waals surface area contributed by atoms with Gasteiger partial charge in [-0.25, -0.2) is 4.79 Å². The van der Waals surface area contributed by atoms with E-state index in [1.54, 1.807) is 0 Å². The number of anilines is 1. The van der Waals surface area contributed by atoms with E-state index in [1.165, 1.54) is 18.2 Å². The molecule has 0 aliphatic heterocycles. The monoisotopic (exact) mass is 264 g/mol. The fraction of sp³-hybridized carbons (Fsp3) is 0.385. The smallest absolute Gasteiger partial charge is 0.339 e. The van der Waals surface area contributed by atoms with Crippen molar-refractivity contribution in [2.24, 2.45) is 5.73 Å². The second-order valence-electron chi connectivity index (χ2n) is 4.98. The Hall–Kier alpha value is -2.08. The summed E-state index contributed by atoms with van der Waals surface area (Å²) in [4.78, 5) is 22.5. The molecule has 0 unspecified atom stereocenters. The highest BCUT2D eigenvalue weighted by atomic mass is 16.4. The number of nitrogens with one attached hydrogen (secondary N) is 1. The number of aromatic hydroxyl groups is 1. The van der Waals surface area contributed by atoms with Gasteiger partial charge < -0.3 is 21.3 Å². The summed E-state index contributed by atoms with van der Waals surface area (Å²) in [5.41, 5.74) is 5.71. The Kier molecular flexibility index (Phi) is 3.44. The lowest BCUT2D eigenvalue weighted by atomic mass is 9.75. The number of rotatable bonds is 4. The Labute approximate surface area is 110 Å². The summed E-state index contributed by atoms with van der Waals surface area (Å²) < 4.78 is 0. The third kappa shape index (κ3) is 3.03. The van der Waals surface area contributed by atoms with Crippen molar-refractivity contribution in [1.29, 1.82) is 0 Å². The van der Waals surface area contributed by atoms with Gasteiger partial charge in [0.1, 0.15) is 11.3 Å². The van der Waals surface area contributed by atoms with Crippen molar-refractivity contribution >= 4 is 17.6 Å². The predicted octanol–water partition coefficient (Wildman–Crippen LogP) is 1.30. The summed E-state index contributed by atoms with van der Waals surface area (Å²) in [6.45, 7) is 0. The zero-order valence-corrected chi connectivity index (χ0v) is 10.3. The zero-order chi connectivity index (χ0) is 14.0. The maximum atomic E-state index is 11.8. The van der Waals surface area contributed by atoms with E-state index in [2.05, 4.69) is 5.32 Å². The molecule has 1 fully saturated rings. The van der Waals surface area contributed by atoms with Crippen molar-refractivity contribution in [1.82, 2.24) is 0 Å². The quantitative estimate of drug-likeness (QED) is 0.654. The van der Waals surface area contributed by atoms with Crippen molar-refractivity contribution in [3.8, 4) is 5.75 Å². The molecule has 1 aliphatic carbocycles. The van der Waals surface area contributed by atoms with E-state index in [-0.39, 0.29) is 23.6 Å². The van der Waals surface area contributed by atoms with Crippen LogP contribution >= 0.6 is 0 Å². The minimum absolute atomic E-state index is 0.202. The zero-order valence-electron chi connectivity index (χ0n) is 10.3. The van der Waals surface area contributed by atoms with Crippen LogP contribution in [0.15, 0.2) is 18.2 Å². The van der Waals surface area contributed by atoms with E-state index in [4.69, 9.17) is 10.8 Å². The summed E-state index contributed by atoms with van der Waals surface area (Å²) >= 11 is 0. The maximum absolute atomic E-state index is 11.8. The molecule has 2 rings (SSSR count). The summed E-state index contributed by atoms with van der Waals surface area (Å²) in [5.74, 6) is -1.83. The molecular weight excluding hydrogens is 248 g/mol. The Morgan fingerprint density at radius 3 is 2.53 bits per heavy atom. The number of carbonyl (C=O) groups excluding carboxylic acids is 1. The van der Waals surface area contributed by atoms with Gasteiger partial charge in [0.15, 0.2) is 0 Å². The van der Waals surface area contributed by atoms with E-state index in [1.807, 2.05) is 0 Å². The van der Waals surface area contributed by atoms with E-state index in [0.29, 0.717) is 5.69 Å². The molecule has 0 bridgehead atoms. The molecule has 0 heterocycles. The van der Waals surface area contributed by atoms with E-state index < -0.39 is 11.5 Å². The van der Waals surface area contributed by atoms with Gasteiger partial charge in [0.25, 0.3) is 0 Å². The van der Waals surface area contributed by atoms with Gasteiger partial charge in [0, 0.05) is 23.7 Å². The summed E-state index contributed by atoms with van der Waals surface area (Å²) in [6.07, 6.45) is 2.94. The number of phenols is 1. The Morgan fingerprint density at radius 1 is 1.37 bits per heavy atom. The van der Waals surface area contributed by atoms with Crippen LogP contribution in [0.5, 0.6) is 5.75 Å². The van der Waals surface area contributed by atoms with Crippen LogP contribution in [-0.4, -0.2) is 27.6 Å². The highest BCUT2D eigenvalue weighted by Crippen LogP contribution is 2.32. The lowest BCUT2D eigenvalue weighted by Gasteiger charge is -2.37. The van der Waals surface area contributed by atoms with Gasteiger partial charge in [0.05, 0.1) is 0 Å². The van der Waals surface area contributed by atoms with Gasteiger partial charge in [-0.1, -0.05) is 0 Å². The first-order valence-electron chi connectivity index (χ1n) is 6.05. The van der Waals surface area contributed by atoms with Gasteiger partial charge in [-0.2, -0.15) is 0 Å². The van der Waals surface area contributed by atoms with Gasteiger partial charge >= 0.3 is 5.97 Å². The van der Waals surface area contributed by atoms with Crippen LogP contribution in [0.25, 0.3) is 0 Å². The second-order valence-corrected chi connectivity index (χ2v) is 4.98. The average Bonchev–Trinajstić information content (AvgIpc) is 2.26. The lowest BCUT2D eigenvalue weighted by Crippen LogP contribution is -2.48. The molecule has 1 aromatic carbocycles. The SMILES string of the molecule is NC1(CC(=O)Nc2ccc(C(=O)O)c(O)c2)CCC1. The fourth-order valence-corrected chi connectivity index (χ4v) is 2.12. The molecule has 6 heteroatoms. The number of aromatic carboxylic acids is 1. The van der Waals surface area contributed by atoms with Crippen LogP contribution in [0.2, 0.25) is 0 Å². The predicted molar refractivity (Wildman–Crippen MR) is 69.1 cm³/mol. The van der Waals surface area contributed by atoms with E-state index in [9.17, 15) is 14.7 Å². The third-order valence-electron chi connectivity index (χ3n) is 3.37. The molecule has 1 saturated carbocycles. The Bertz CT molecular complexity index is 523. The number of hydrogen-bond donors (Lipinski definition) is 4. The third-order valence-corrected chi connectivity index (χ3v) is 3.37. The van der Waals surface area contributed by atoms with Crippen molar-refractivity contribution in [2.75, 3.05) is 5.32 Å². The van der Waals surface area contributed by atoms with E-state index in [0.717, 1.165) is 19.3 Å². The molecule has 1 amide bonds. The lowest BCUT2D eigenvalue weighted by molar-refractivity contribution is -0.118. The van der Waals surface area contributed by atoms with Gasteiger partial charge in [-0.15, -0.1) is 0 Å². The molecule has 102 valence electrons. The molecule has 0 atom stereocenters. The molecule has 6 nitrogen and oxygen atoms in total. The van der Waals surface area contributed by atoms with Gasteiger partial charge in [0.2, 0.25) is 5.91 Å². The van der Waals surface area contributed by atoms with E-state index >= 15 is 0 Å². The molecule has 0 saturated heterocycles. The first-order chi connectivity index (χ1) is 8.89. The van der Waals surface area contributed by atoms with Gasteiger partial charge in [-0.05, 0) is 31.4 Å². The molecular formula is C13H16N2O4. The average molecular weight is 264 g/mol. The topological polar surface area (TPSA) is 113 Å². The molecule has 0 spiro atoms. The first-order valence-corrected chi connectivity index (χ1v) is 6.05. The highest BCUT2D eigenvalue weighted by molar-refractivity contribution is 5.94. The number of hydrogen-bond acceptors (Lipinski definition) is 4. The number of carboxylic acid groups (broad SMARTS) is 1. The highest BCUT2D eigenvalue weighted by Gasteiger charge is 2.34. The normalized spacial score (nSPS) is 16.5. The van der Waals surface area contributed by atoms with Crippen molar-refractivity contribution < 1.29 is 19.8 Å². The van der Waals surface area contributed by atoms with Crippen LogP contribution in [-0.2, 0) is 4.79 Å². The minimum atomic E-state index is -1.22. The Balaban J connectivity index is 2.01. The Morgan fingerprint density at radius 2 is 2.05 bits per heavy atom. The molecule has 1 aromatic rings. The molecule has 0 radical (unpaired) electrons. The van der Waals surface area contributed by atoms with Crippen molar-refractivity contribution in [2.45, 2.75) is 31.2 Å². The van der Waals surface area contributed by atoms with Crippen LogP contribution < -0.4 is 11.1 Å². The van der Waals surface area contributed by atoms with Crippen LogP contribution in [0.1, 0.15) is 36.0 Å². The molecule has 1 aliphatic rings. The number of amides is 1. The molecule has 0 aromatic heterocycles. The van der Waals surface area contributed by atoms with Gasteiger partial charge in [-0.3, -0.25) is 4.79 Å². The maximum Gasteiger partial charge on any atom is 0.339 e. The summed E-state index contributed by atoms with van der Waals surface area (Å²) in [7, 11) is 0. The van der Waals surface area contributed by atoms with Crippen LogP contribution in [0.4, 0.5) is 5.69 Å². The first kappa shape index (κ1) is 13.4. The summed E-state index contributed by atoms with van der Waals surface area (Å²) in [6, 6.07) is 3.89. The largest absolute Gasteiger partial charge is 0.507 e. The summed E-state index contributed by atoms with van der Waals surface area (Å²) in [5, 5.41) is 20.9. The van der Waals surface area contributed by atoms with Crippen molar-refractivity contribution in [3.63, 3.8) is 0 Å². The van der Waals surface area contributed by atoms with Crippen LogP contribution in [0.3, 0.4) is 0 Å². The molecule has 19 heavy (non-hydrogen) atoms. The van der Waals surface area contributed by atoms with Crippen LogP contribution in [0, 0.1) is 0 Å². The molecule has 5 N–H and O–H groups in total. The standard InChI is InChI=1S/C13H16N2O4/c14-13(4-1-5-13)7-11(17)15-8-2-3-9(12(18)19)10(16)6-8/h2-3,6,16H,1,4-5,7,14H2,(H,15,17)(H,18,19). The number of benzene rings is 1. The van der Waals surface area contributed by atoms with Crippen molar-refractivity contribution in [3.05, 3.63) is 23.8 Å². The number of carboxylic acids is 1. The second kappa shape index (κ2) is 4.89. The number of carbonyl (C=O) groups is 2. The minimum Gasteiger partial charge on any atom is -0.507 e. The fourth-order valence-electron chi connectivity index (χ4n) is 2.12. The number of nitrogens with two attached hydrogens (primary N) is 1.